The topological polar surface area (TPSA) is 66.5 Å². The fraction of sp³-hybridized carbons (Fsp3) is 0.278. The van der Waals surface area contributed by atoms with Gasteiger partial charge in [-0.3, -0.25) is 9.10 Å². The van der Waals surface area contributed by atoms with E-state index >= 15 is 0 Å². The number of rotatable bonds is 5. The van der Waals surface area contributed by atoms with Gasteiger partial charge in [0.1, 0.15) is 6.04 Å². The van der Waals surface area contributed by atoms with E-state index in [2.05, 4.69) is 5.32 Å². The maximum Gasteiger partial charge on any atom is 0.248 e. The van der Waals surface area contributed by atoms with Crippen molar-refractivity contribution in [3.05, 3.63) is 58.6 Å². The van der Waals surface area contributed by atoms with Gasteiger partial charge >= 0.3 is 0 Å². The average Bonchev–Trinajstić information content (AvgIpc) is 2.51. The van der Waals surface area contributed by atoms with Crippen LogP contribution in [0.1, 0.15) is 18.1 Å². The predicted molar refractivity (Wildman–Crippen MR) is 103 cm³/mol. The molecule has 25 heavy (non-hydrogen) atoms. The van der Waals surface area contributed by atoms with Gasteiger partial charge in [0.05, 0.1) is 11.9 Å². The number of sulfonamides is 1. The predicted octanol–water partition coefficient (Wildman–Crippen LogP) is 3.75. The summed E-state index contributed by atoms with van der Waals surface area (Å²) < 4.78 is 25.8. The van der Waals surface area contributed by atoms with Gasteiger partial charge in [0, 0.05) is 10.7 Å². The number of benzene rings is 2. The van der Waals surface area contributed by atoms with Gasteiger partial charge < -0.3 is 5.32 Å². The number of aryl methyl sites for hydroxylation is 2. The summed E-state index contributed by atoms with van der Waals surface area (Å²) in [6.45, 7) is 5.19. The first-order valence-corrected chi connectivity index (χ1v) is 9.96. The molecule has 0 aromatic heterocycles. The fourth-order valence-corrected chi connectivity index (χ4v) is 3.94. The SMILES string of the molecule is Cc1ccccc1NC(=O)[C@@H](C)N(c1cc(Cl)ccc1C)S(C)(=O)=O. The summed E-state index contributed by atoms with van der Waals surface area (Å²) in [5, 5.41) is 3.19. The Bertz CT molecular complexity index is 897. The Labute approximate surface area is 153 Å². The molecule has 134 valence electrons. The van der Waals surface area contributed by atoms with Crippen molar-refractivity contribution in [1.82, 2.24) is 0 Å². The first-order valence-electron chi connectivity index (χ1n) is 7.73. The molecule has 2 aromatic rings. The molecule has 0 aliphatic heterocycles. The van der Waals surface area contributed by atoms with Gasteiger partial charge in [-0.25, -0.2) is 8.42 Å². The zero-order chi connectivity index (χ0) is 18.8. The summed E-state index contributed by atoms with van der Waals surface area (Å²) in [5.41, 5.74) is 2.65. The van der Waals surface area contributed by atoms with Gasteiger partial charge in [-0.2, -0.15) is 0 Å². The molecule has 0 radical (unpaired) electrons. The molecule has 0 unspecified atom stereocenters. The van der Waals surface area contributed by atoms with Crippen LogP contribution in [0, 0.1) is 13.8 Å². The van der Waals surface area contributed by atoms with Crippen LogP contribution in [-0.4, -0.2) is 26.6 Å². The number of hydrogen-bond donors (Lipinski definition) is 1. The normalized spacial score (nSPS) is 12.5. The van der Waals surface area contributed by atoms with Crippen molar-refractivity contribution in [1.29, 1.82) is 0 Å². The number of nitrogens with one attached hydrogen (secondary N) is 1. The van der Waals surface area contributed by atoms with E-state index in [0.29, 0.717) is 22.0 Å². The van der Waals surface area contributed by atoms with E-state index in [1.54, 1.807) is 38.1 Å². The maximum absolute atomic E-state index is 12.7. The monoisotopic (exact) mass is 380 g/mol. The highest BCUT2D eigenvalue weighted by molar-refractivity contribution is 7.92. The maximum atomic E-state index is 12.7. The molecular formula is C18H21ClN2O3S. The lowest BCUT2D eigenvalue weighted by Gasteiger charge is -2.29. The second kappa shape index (κ2) is 7.45. The number of anilines is 2. The molecular weight excluding hydrogens is 360 g/mol. The van der Waals surface area contributed by atoms with Crippen LogP contribution in [0.5, 0.6) is 0 Å². The van der Waals surface area contributed by atoms with Crippen molar-refractivity contribution in [2.45, 2.75) is 26.8 Å². The number of carbonyl (C=O) groups excluding carboxylic acids is 1. The molecule has 0 saturated heterocycles. The smallest absolute Gasteiger partial charge is 0.248 e. The minimum Gasteiger partial charge on any atom is -0.324 e. The van der Waals surface area contributed by atoms with Crippen molar-refractivity contribution in [3.63, 3.8) is 0 Å². The minimum absolute atomic E-state index is 0.391. The highest BCUT2D eigenvalue weighted by atomic mass is 35.5. The number of amides is 1. The van der Waals surface area contributed by atoms with Gasteiger partial charge in [-0.1, -0.05) is 35.9 Å². The van der Waals surface area contributed by atoms with E-state index in [1.807, 2.05) is 25.1 Å². The summed E-state index contributed by atoms with van der Waals surface area (Å²) in [7, 11) is -3.69. The summed E-state index contributed by atoms with van der Waals surface area (Å²) in [4.78, 5) is 12.7. The molecule has 0 heterocycles. The molecule has 0 saturated carbocycles. The van der Waals surface area contributed by atoms with E-state index < -0.39 is 22.0 Å². The Morgan fingerprint density at radius 3 is 2.36 bits per heavy atom. The molecule has 0 bridgehead atoms. The first kappa shape index (κ1) is 19.3. The van der Waals surface area contributed by atoms with Gasteiger partial charge in [-0.05, 0) is 50.1 Å². The summed E-state index contributed by atoms with van der Waals surface area (Å²) in [6.07, 6.45) is 1.07. The molecule has 0 aliphatic carbocycles. The quantitative estimate of drug-likeness (QED) is 0.858. The minimum atomic E-state index is -3.69. The van der Waals surface area contributed by atoms with Crippen molar-refractivity contribution >= 4 is 38.9 Å². The Balaban J connectivity index is 2.40. The molecule has 0 aliphatic rings. The standard InChI is InChI=1S/C18H21ClN2O3S/c1-12-7-5-6-8-16(12)20-18(22)14(3)21(25(4,23)24)17-11-15(19)10-9-13(17)2/h5-11,14H,1-4H3,(H,20,22)/t14-/m1/s1. The highest BCUT2D eigenvalue weighted by Crippen LogP contribution is 2.28. The first-order chi connectivity index (χ1) is 11.6. The van der Waals surface area contributed by atoms with E-state index in [9.17, 15) is 13.2 Å². The Hall–Kier alpha value is -2.05. The molecule has 1 N–H and O–H groups in total. The average molecular weight is 381 g/mol. The molecule has 1 amide bonds. The lowest BCUT2D eigenvalue weighted by atomic mass is 10.1. The number of para-hydroxylation sites is 1. The van der Waals surface area contributed by atoms with Crippen LogP contribution < -0.4 is 9.62 Å². The van der Waals surface area contributed by atoms with Crippen LogP contribution in [0.3, 0.4) is 0 Å². The third-order valence-corrected chi connectivity index (χ3v) is 5.36. The van der Waals surface area contributed by atoms with Crippen LogP contribution >= 0.6 is 11.6 Å². The lowest BCUT2D eigenvalue weighted by molar-refractivity contribution is -0.116. The molecule has 0 fully saturated rings. The third kappa shape index (κ3) is 4.52. The number of carbonyl (C=O) groups is 1. The van der Waals surface area contributed by atoms with E-state index in [0.717, 1.165) is 16.1 Å². The lowest BCUT2D eigenvalue weighted by Crippen LogP contribution is -2.45. The molecule has 5 nitrogen and oxygen atoms in total. The van der Waals surface area contributed by atoms with Crippen LogP contribution in [0.4, 0.5) is 11.4 Å². The second-order valence-corrected chi connectivity index (χ2v) is 8.27. The van der Waals surface area contributed by atoms with Crippen molar-refractivity contribution in [2.75, 3.05) is 15.9 Å². The van der Waals surface area contributed by atoms with Crippen molar-refractivity contribution < 1.29 is 13.2 Å². The summed E-state index contributed by atoms with van der Waals surface area (Å²) >= 11 is 6.02. The highest BCUT2D eigenvalue weighted by Gasteiger charge is 2.30. The van der Waals surface area contributed by atoms with Crippen LogP contribution in [0.15, 0.2) is 42.5 Å². The summed E-state index contributed by atoms with van der Waals surface area (Å²) in [5.74, 6) is -0.417. The zero-order valence-corrected chi connectivity index (χ0v) is 16.1. The van der Waals surface area contributed by atoms with E-state index in [1.165, 1.54) is 0 Å². The zero-order valence-electron chi connectivity index (χ0n) is 14.6. The Kier molecular flexibility index (Phi) is 5.75. The van der Waals surface area contributed by atoms with Crippen LogP contribution in [-0.2, 0) is 14.8 Å². The van der Waals surface area contributed by atoms with Crippen molar-refractivity contribution in [2.24, 2.45) is 0 Å². The van der Waals surface area contributed by atoms with Gasteiger partial charge in [-0.15, -0.1) is 0 Å². The summed E-state index contributed by atoms with van der Waals surface area (Å²) in [6, 6.07) is 11.3. The van der Waals surface area contributed by atoms with E-state index in [4.69, 9.17) is 11.6 Å². The van der Waals surface area contributed by atoms with Gasteiger partial charge in [0.2, 0.25) is 15.9 Å². The second-order valence-electron chi connectivity index (χ2n) is 5.97. The van der Waals surface area contributed by atoms with E-state index in [-0.39, 0.29) is 0 Å². The molecule has 7 heteroatoms. The van der Waals surface area contributed by atoms with Gasteiger partial charge in [0.25, 0.3) is 0 Å². The number of hydrogen-bond acceptors (Lipinski definition) is 3. The molecule has 0 spiro atoms. The largest absolute Gasteiger partial charge is 0.324 e. The third-order valence-electron chi connectivity index (χ3n) is 3.90. The Morgan fingerprint density at radius 2 is 1.76 bits per heavy atom. The molecule has 2 aromatic carbocycles. The molecule has 1 atom stereocenters. The number of nitrogens with zero attached hydrogens (tertiary/aromatic N) is 1. The van der Waals surface area contributed by atoms with Crippen molar-refractivity contribution in [3.8, 4) is 0 Å². The Morgan fingerprint density at radius 1 is 1.12 bits per heavy atom. The van der Waals surface area contributed by atoms with Gasteiger partial charge in [0.15, 0.2) is 0 Å². The fourth-order valence-electron chi connectivity index (χ4n) is 2.55. The molecule has 2 rings (SSSR count). The number of halogens is 1. The van der Waals surface area contributed by atoms with Crippen LogP contribution in [0.2, 0.25) is 5.02 Å². The van der Waals surface area contributed by atoms with Crippen LogP contribution in [0.25, 0.3) is 0 Å².